The van der Waals surface area contributed by atoms with Gasteiger partial charge in [-0.3, -0.25) is 0 Å². The summed E-state index contributed by atoms with van der Waals surface area (Å²) in [6, 6.07) is 7.83. The first-order valence-corrected chi connectivity index (χ1v) is 15.1. The molecule has 2 aliphatic heterocycles. The molecule has 208 valence electrons. The molecule has 2 saturated heterocycles. The van der Waals surface area contributed by atoms with Crippen LogP contribution < -0.4 is 15.5 Å². The smallest absolute Gasteiger partial charge is 0.354 e. The molecule has 1 unspecified atom stereocenters. The standard InChI is InChI=1S/C29H32ClN7O2S/c1-3-19-24(30)23-25(33-19)34-28(35-26(23)36-9-6-16(31)14-36)40-17-4-5-18-20(10-17)32-21(27(38)39)11-22(18)37-12-15(13-37)29(2)7-8-29/h4-5,10-11,15-16H,3,6-9,12-14,31H2,1-2H3,(H,38,39)(H,33,34,35). The number of nitrogens with one attached hydrogen (secondary N) is 1. The summed E-state index contributed by atoms with van der Waals surface area (Å²) in [7, 11) is 0. The second kappa shape index (κ2) is 9.49. The fourth-order valence-corrected chi connectivity index (χ4v) is 7.16. The van der Waals surface area contributed by atoms with E-state index < -0.39 is 5.97 Å². The maximum Gasteiger partial charge on any atom is 0.354 e. The fourth-order valence-electron chi connectivity index (χ4n) is 6.02. The van der Waals surface area contributed by atoms with E-state index in [4.69, 9.17) is 27.3 Å². The zero-order chi connectivity index (χ0) is 27.8. The van der Waals surface area contributed by atoms with Crippen LogP contribution in [-0.4, -0.2) is 63.2 Å². The maximum absolute atomic E-state index is 12.0. The first-order valence-electron chi connectivity index (χ1n) is 13.9. The number of nitrogens with zero attached hydrogens (tertiary/aromatic N) is 5. The van der Waals surface area contributed by atoms with Crippen LogP contribution in [0.15, 0.2) is 34.3 Å². The fraction of sp³-hybridized carbons (Fsp3) is 0.448. The Balaban J connectivity index is 1.25. The number of rotatable bonds is 7. The Morgan fingerprint density at radius 1 is 1.20 bits per heavy atom. The summed E-state index contributed by atoms with van der Waals surface area (Å²) in [6.07, 6.45) is 4.24. The number of carboxylic acid groups (broad SMARTS) is 1. The van der Waals surface area contributed by atoms with Crippen LogP contribution in [0.2, 0.25) is 5.02 Å². The molecule has 1 atom stereocenters. The van der Waals surface area contributed by atoms with Crippen molar-refractivity contribution in [2.24, 2.45) is 17.1 Å². The van der Waals surface area contributed by atoms with E-state index in [9.17, 15) is 9.90 Å². The molecule has 5 heterocycles. The van der Waals surface area contributed by atoms with Crippen molar-refractivity contribution >= 4 is 62.8 Å². The second-order valence-corrected chi connectivity index (χ2v) is 13.1. The Labute approximate surface area is 241 Å². The summed E-state index contributed by atoms with van der Waals surface area (Å²) in [5.74, 6) is 0.442. The minimum absolute atomic E-state index is 0.0594. The SMILES string of the molecule is CCc1[nH]c2nc(Sc3ccc4c(N5CC(C6(C)CC6)C5)cc(C(=O)O)nc4c3)nc(N3CCC(N)C3)c2c1Cl. The molecule has 0 radical (unpaired) electrons. The van der Waals surface area contributed by atoms with Crippen LogP contribution in [-0.2, 0) is 6.42 Å². The van der Waals surface area contributed by atoms with Crippen molar-refractivity contribution in [3.05, 3.63) is 40.7 Å². The molecule has 4 N–H and O–H groups in total. The van der Waals surface area contributed by atoms with Crippen molar-refractivity contribution < 1.29 is 9.90 Å². The molecule has 3 fully saturated rings. The monoisotopic (exact) mass is 577 g/mol. The lowest BCUT2D eigenvalue weighted by Gasteiger charge is -2.45. The van der Waals surface area contributed by atoms with Gasteiger partial charge in [0.15, 0.2) is 10.9 Å². The molecule has 7 rings (SSSR count). The van der Waals surface area contributed by atoms with Gasteiger partial charge in [-0.1, -0.05) is 25.4 Å². The van der Waals surface area contributed by atoms with Gasteiger partial charge in [0.1, 0.15) is 11.5 Å². The van der Waals surface area contributed by atoms with Crippen LogP contribution in [0.3, 0.4) is 0 Å². The van der Waals surface area contributed by atoms with Gasteiger partial charge >= 0.3 is 5.97 Å². The highest BCUT2D eigenvalue weighted by Crippen LogP contribution is 2.55. The second-order valence-electron chi connectivity index (χ2n) is 11.7. The van der Waals surface area contributed by atoms with Crippen LogP contribution in [0, 0.1) is 11.3 Å². The molecule has 9 nitrogen and oxygen atoms in total. The highest BCUT2D eigenvalue weighted by atomic mass is 35.5. The first-order chi connectivity index (χ1) is 19.2. The number of aromatic nitrogens is 4. The Bertz CT molecular complexity index is 1660. The Morgan fingerprint density at radius 3 is 2.67 bits per heavy atom. The van der Waals surface area contributed by atoms with Crippen molar-refractivity contribution in [3.8, 4) is 0 Å². The van der Waals surface area contributed by atoms with Gasteiger partial charge in [0, 0.05) is 53.9 Å². The average Bonchev–Trinajstić information content (AvgIpc) is 3.33. The number of hydrogen-bond donors (Lipinski definition) is 3. The number of carbonyl (C=O) groups is 1. The topological polar surface area (TPSA) is 124 Å². The molecular formula is C29H32ClN7O2S. The van der Waals surface area contributed by atoms with Crippen molar-refractivity contribution in [3.63, 3.8) is 0 Å². The molecular weight excluding hydrogens is 546 g/mol. The highest BCUT2D eigenvalue weighted by Gasteiger charge is 2.49. The van der Waals surface area contributed by atoms with Gasteiger partial charge in [-0.25, -0.2) is 19.7 Å². The van der Waals surface area contributed by atoms with E-state index in [-0.39, 0.29) is 11.7 Å². The zero-order valence-electron chi connectivity index (χ0n) is 22.6. The summed E-state index contributed by atoms with van der Waals surface area (Å²) < 4.78 is 0. The van der Waals surface area contributed by atoms with E-state index >= 15 is 0 Å². The summed E-state index contributed by atoms with van der Waals surface area (Å²) in [5, 5.41) is 12.8. The molecule has 0 bridgehead atoms. The number of aromatic carboxylic acids is 1. The van der Waals surface area contributed by atoms with Gasteiger partial charge in [-0.05, 0) is 73.0 Å². The molecule has 3 aliphatic rings. The van der Waals surface area contributed by atoms with Crippen molar-refractivity contribution in [1.82, 2.24) is 19.9 Å². The molecule has 40 heavy (non-hydrogen) atoms. The van der Waals surface area contributed by atoms with Crippen LogP contribution in [0.5, 0.6) is 0 Å². The van der Waals surface area contributed by atoms with Gasteiger partial charge < -0.3 is 25.6 Å². The first kappa shape index (κ1) is 25.9. The normalized spacial score (nSPS) is 20.4. The molecule has 1 aliphatic carbocycles. The number of benzene rings is 1. The molecule has 4 aromatic rings. The molecule has 3 aromatic heterocycles. The summed E-state index contributed by atoms with van der Waals surface area (Å²) in [6.45, 7) is 7.87. The van der Waals surface area contributed by atoms with Gasteiger partial charge in [-0.2, -0.15) is 0 Å². The van der Waals surface area contributed by atoms with E-state index in [1.807, 2.05) is 18.2 Å². The Morgan fingerprint density at radius 2 is 2.00 bits per heavy atom. The highest BCUT2D eigenvalue weighted by molar-refractivity contribution is 7.99. The van der Waals surface area contributed by atoms with Gasteiger partial charge in [0.05, 0.1) is 15.9 Å². The lowest BCUT2D eigenvalue weighted by atomic mass is 9.83. The van der Waals surface area contributed by atoms with Gasteiger partial charge in [0.25, 0.3) is 0 Å². The quantitative estimate of drug-likeness (QED) is 0.249. The number of hydrogen-bond acceptors (Lipinski definition) is 8. The number of carboxylic acids is 1. The number of H-pyrrole nitrogens is 1. The predicted molar refractivity (Wildman–Crippen MR) is 159 cm³/mol. The molecule has 1 saturated carbocycles. The number of pyridine rings is 1. The molecule has 1 aromatic carbocycles. The molecule has 0 amide bonds. The lowest BCUT2D eigenvalue weighted by molar-refractivity contribution is 0.0691. The number of anilines is 2. The van der Waals surface area contributed by atoms with E-state index in [2.05, 4.69) is 33.6 Å². The van der Waals surface area contributed by atoms with E-state index in [1.54, 1.807) is 6.07 Å². The predicted octanol–water partition coefficient (Wildman–Crippen LogP) is 5.35. The van der Waals surface area contributed by atoms with E-state index in [0.717, 1.165) is 71.9 Å². The van der Waals surface area contributed by atoms with Crippen molar-refractivity contribution in [2.75, 3.05) is 36.0 Å². The third-order valence-corrected chi connectivity index (χ3v) is 10.2. The summed E-state index contributed by atoms with van der Waals surface area (Å²) >= 11 is 8.18. The summed E-state index contributed by atoms with van der Waals surface area (Å²) in [5.41, 5.74) is 9.98. The Kier molecular flexibility index (Phi) is 6.14. The van der Waals surface area contributed by atoms with Crippen LogP contribution in [0.4, 0.5) is 11.5 Å². The number of halogens is 1. The average molecular weight is 578 g/mol. The number of fused-ring (bicyclic) bond motifs is 2. The van der Waals surface area contributed by atoms with E-state index in [0.29, 0.717) is 32.7 Å². The van der Waals surface area contributed by atoms with Gasteiger partial charge in [0.2, 0.25) is 0 Å². The lowest BCUT2D eigenvalue weighted by Crippen LogP contribution is -2.50. The maximum atomic E-state index is 12.0. The molecule has 11 heteroatoms. The molecule has 0 spiro atoms. The number of nitrogens with two attached hydrogens (primary N) is 1. The number of aryl methyl sites for hydroxylation is 1. The van der Waals surface area contributed by atoms with Crippen molar-refractivity contribution in [1.29, 1.82) is 0 Å². The zero-order valence-corrected chi connectivity index (χ0v) is 24.1. The van der Waals surface area contributed by atoms with E-state index in [1.165, 1.54) is 24.6 Å². The van der Waals surface area contributed by atoms with Crippen LogP contribution in [0.25, 0.3) is 21.9 Å². The number of aromatic amines is 1. The van der Waals surface area contributed by atoms with Crippen LogP contribution in [0.1, 0.15) is 49.3 Å². The third kappa shape index (κ3) is 4.37. The van der Waals surface area contributed by atoms with Gasteiger partial charge in [-0.15, -0.1) is 0 Å². The summed E-state index contributed by atoms with van der Waals surface area (Å²) in [4.78, 5) is 35.0. The van der Waals surface area contributed by atoms with Crippen molar-refractivity contribution in [2.45, 2.75) is 55.6 Å². The Hall–Kier alpha value is -3.08. The van der Waals surface area contributed by atoms with Crippen LogP contribution >= 0.6 is 23.4 Å². The minimum atomic E-state index is -1.02. The minimum Gasteiger partial charge on any atom is -0.477 e. The largest absolute Gasteiger partial charge is 0.477 e. The third-order valence-electron chi connectivity index (χ3n) is 8.94.